The molecule has 27 heavy (non-hydrogen) atoms. The monoisotopic (exact) mass is 381 g/mol. The molecule has 0 radical (unpaired) electrons. The van der Waals surface area contributed by atoms with Gasteiger partial charge in [-0.3, -0.25) is 4.79 Å². The van der Waals surface area contributed by atoms with Crippen LogP contribution in [0.5, 0.6) is 0 Å². The van der Waals surface area contributed by atoms with Crippen LogP contribution in [0.15, 0.2) is 24.3 Å². The molecule has 2 saturated carbocycles. The number of carbonyl (C=O) groups is 1. The molecule has 1 amide bonds. The fourth-order valence-electron chi connectivity index (χ4n) is 5.31. The van der Waals surface area contributed by atoms with Crippen molar-refractivity contribution < 1.29 is 23.1 Å². The molecule has 1 saturated heterocycles. The molecule has 4 rings (SSSR count). The smallest absolute Gasteiger partial charge is 0.390 e. The van der Waals surface area contributed by atoms with Crippen LogP contribution >= 0.6 is 0 Å². The lowest BCUT2D eigenvalue weighted by atomic mass is 9.69. The summed E-state index contributed by atoms with van der Waals surface area (Å²) >= 11 is 0. The summed E-state index contributed by atoms with van der Waals surface area (Å²) in [6.45, 7) is 3.37. The Morgan fingerprint density at radius 1 is 1.19 bits per heavy atom. The molecule has 1 aromatic rings. The van der Waals surface area contributed by atoms with Crippen LogP contribution in [-0.4, -0.2) is 34.6 Å². The molecular weight excluding hydrogens is 355 g/mol. The SMILES string of the molecule is C[C@]1(O)C[C@@H](C(=O)N2CC3(CCC(Cc4ccc(C(F)(F)F)cc4)C3)C2)C1. The number of amides is 1. The normalized spacial score (nSPS) is 32.3. The summed E-state index contributed by atoms with van der Waals surface area (Å²) in [6.07, 6.45) is 0.842. The van der Waals surface area contributed by atoms with Gasteiger partial charge in [-0.05, 0) is 69.1 Å². The van der Waals surface area contributed by atoms with E-state index in [9.17, 15) is 23.1 Å². The number of nitrogens with zero attached hydrogens (tertiary/aromatic N) is 1. The van der Waals surface area contributed by atoms with Gasteiger partial charge in [-0.2, -0.15) is 13.2 Å². The van der Waals surface area contributed by atoms with Crippen LogP contribution in [0.4, 0.5) is 13.2 Å². The van der Waals surface area contributed by atoms with E-state index in [4.69, 9.17) is 0 Å². The summed E-state index contributed by atoms with van der Waals surface area (Å²) in [4.78, 5) is 14.4. The topological polar surface area (TPSA) is 40.5 Å². The molecular formula is C21H26F3NO2. The Morgan fingerprint density at radius 3 is 2.37 bits per heavy atom. The van der Waals surface area contributed by atoms with Crippen molar-refractivity contribution in [3.8, 4) is 0 Å². The standard InChI is InChI=1S/C21H26F3NO2/c1-19(27)10-16(11-19)18(26)25-12-20(13-25)7-6-15(9-20)8-14-2-4-17(5-3-14)21(22,23)24/h2-5,15-16,27H,6-13H2,1H3/t15?,16-,19+. The highest BCUT2D eigenvalue weighted by Crippen LogP contribution is 2.50. The second kappa shape index (κ2) is 6.23. The average Bonchev–Trinajstić information content (AvgIpc) is 2.94. The first-order valence-corrected chi connectivity index (χ1v) is 9.73. The Hall–Kier alpha value is -1.56. The van der Waals surface area contributed by atoms with E-state index in [1.165, 1.54) is 0 Å². The number of halogens is 3. The van der Waals surface area contributed by atoms with Gasteiger partial charge in [0.05, 0.1) is 11.2 Å². The van der Waals surface area contributed by atoms with Crippen LogP contribution < -0.4 is 0 Å². The zero-order chi connectivity index (χ0) is 19.4. The third-order valence-electron chi connectivity index (χ3n) is 6.70. The number of aliphatic hydroxyl groups is 1. The van der Waals surface area contributed by atoms with Crippen LogP contribution in [-0.2, 0) is 17.4 Å². The minimum Gasteiger partial charge on any atom is -0.390 e. The van der Waals surface area contributed by atoms with Crippen molar-refractivity contribution >= 4 is 5.91 Å². The highest BCUT2D eigenvalue weighted by atomic mass is 19.4. The minimum absolute atomic E-state index is 0.0262. The van der Waals surface area contributed by atoms with Gasteiger partial charge in [0.25, 0.3) is 0 Å². The van der Waals surface area contributed by atoms with Gasteiger partial charge in [-0.15, -0.1) is 0 Å². The van der Waals surface area contributed by atoms with Crippen LogP contribution in [0.2, 0.25) is 0 Å². The van der Waals surface area contributed by atoms with E-state index >= 15 is 0 Å². The molecule has 1 aliphatic heterocycles. The van der Waals surface area contributed by atoms with E-state index in [0.717, 1.165) is 56.5 Å². The van der Waals surface area contributed by atoms with Gasteiger partial charge >= 0.3 is 6.18 Å². The molecule has 3 fully saturated rings. The minimum atomic E-state index is -4.29. The second-order valence-electron chi connectivity index (χ2n) is 9.30. The Bertz CT molecular complexity index is 712. The van der Waals surface area contributed by atoms with Crippen molar-refractivity contribution in [3.05, 3.63) is 35.4 Å². The zero-order valence-electron chi connectivity index (χ0n) is 15.6. The summed E-state index contributed by atoms with van der Waals surface area (Å²) in [5, 5.41) is 9.81. The summed E-state index contributed by atoms with van der Waals surface area (Å²) in [7, 11) is 0. The van der Waals surface area contributed by atoms with Gasteiger partial charge in [0.2, 0.25) is 5.91 Å². The quantitative estimate of drug-likeness (QED) is 0.859. The summed E-state index contributed by atoms with van der Waals surface area (Å²) in [5.41, 5.74) is -0.118. The third-order valence-corrected chi connectivity index (χ3v) is 6.70. The molecule has 2 aliphatic carbocycles. The first kappa shape index (κ1) is 18.8. The maximum absolute atomic E-state index is 12.7. The van der Waals surface area contributed by atoms with Crippen molar-refractivity contribution in [1.29, 1.82) is 0 Å². The largest absolute Gasteiger partial charge is 0.416 e. The van der Waals surface area contributed by atoms with E-state index in [1.807, 2.05) is 4.90 Å². The molecule has 1 spiro atoms. The number of hydrogen-bond acceptors (Lipinski definition) is 2. The Kier molecular flexibility index (Phi) is 4.33. The first-order valence-electron chi connectivity index (χ1n) is 9.73. The van der Waals surface area contributed by atoms with Crippen LogP contribution in [0.3, 0.4) is 0 Å². The molecule has 6 heteroatoms. The van der Waals surface area contributed by atoms with Crippen LogP contribution in [0.1, 0.15) is 50.2 Å². The van der Waals surface area contributed by atoms with E-state index in [0.29, 0.717) is 18.8 Å². The molecule has 1 N–H and O–H groups in total. The maximum atomic E-state index is 12.7. The fourth-order valence-corrected chi connectivity index (χ4v) is 5.31. The summed E-state index contributed by atoms with van der Waals surface area (Å²) in [6, 6.07) is 5.51. The fraction of sp³-hybridized carbons (Fsp3) is 0.667. The molecule has 1 atom stereocenters. The Labute approximate surface area is 157 Å². The van der Waals surface area contributed by atoms with Crippen molar-refractivity contribution in [3.63, 3.8) is 0 Å². The van der Waals surface area contributed by atoms with Gasteiger partial charge in [-0.25, -0.2) is 0 Å². The molecule has 3 aliphatic rings. The van der Waals surface area contributed by atoms with E-state index in [1.54, 1.807) is 19.1 Å². The molecule has 0 bridgehead atoms. The second-order valence-corrected chi connectivity index (χ2v) is 9.30. The number of benzene rings is 1. The molecule has 1 unspecified atom stereocenters. The summed E-state index contributed by atoms with van der Waals surface area (Å²) < 4.78 is 38.0. The predicted molar refractivity (Wildman–Crippen MR) is 94.8 cm³/mol. The first-order chi connectivity index (χ1) is 12.6. The van der Waals surface area contributed by atoms with Crippen molar-refractivity contribution in [2.24, 2.45) is 17.3 Å². The van der Waals surface area contributed by atoms with Crippen molar-refractivity contribution in [2.45, 2.75) is 57.2 Å². The predicted octanol–water partition coefficient (Wildman–Crippen LogP) is 4.04. The number of hydrogen-bond donors (Lipinski definition) is 1. The molecule has 1 heterocycles. The Balaban J connectivity index is 1.27. The zero-order valence-corrected chi connectivity index (χ0v) is 15.6. The van der Waals surface area contributed by atoms with Gasteiger partial charge < -0.3 is 10.0 Å². The molecule has 3 nitrogen and oxygen atoms in total. The van der Waals surface area contributed by atoms with Crippen molar-refractivity contribution in [1.82, 2.24) is 4.90 Å². The Morgan fingerprint density at radius 2 is 1.81 bits per heavy atom. The molecule has 0 aromatic heterocycles. The molecule has 148 valence electrons. The van der Waals surface area contributed by atoms with Crippen molar-refractivity contribution in [2.75, 3.05) is 13.1 Å². The van der Waals surface area contributed by atoms with Gasteiger partial charge in [0, 0.05) is 24.4 Å². The lowest BCUT2D eigenvalue weighted by Crippen LogP contribution is -2.61. The maximum Gasteiger partial charge on any atom is 0.416 e. The van der Waals surface area contributed by atoms with Gasteiger partial charge in [0.15, 0.2) is 0 Å². The third kappa shape index (κ3) is 3.73. The van der Waals surface area contributed by atoms with Crippen LogP contribution in [0, 0.1) is 17.3 Å². The molecule has 1 aromatic carbocycles. The van der Waals surface area contributed by atoms with E-state index in [2.05, 4.69) is 0 Å². The highest BCUT2D eigenvalue weighted by molar-refractivity contribution is 5.81. The lowest BCUT2D eigenvalue weighted by molar-refractivity contribution is -0.161. The van der Waals surface area contributed by atoms with E-state index in [-0.39, 0.29) is 17.2 Å². The van der Waals surface area contributed by atoms with E-state index < -0.39 is 17.3 Å². The van der Waals surface area contributed by atoms with Gasteiger partial charge in [0.1, 0.15) is 0 Å². The van der Waals surface area contributed by atoms with Crippen LogP contribution in [0.25, 0.3) is 0 Å². The number of likely N-dealkylation sites (tertiary alicyclic amines) is 1. The summed E-state index contributed by atoms with van der Waals surface area (Å²) in [5.74, 6) is 0.628. The van der Waals surface area contributed by atoms with Gasteiger partial charge in [-0.1, -0.05) is 12.1 Å². The number of rotatable bonds is 3. The highest BCUT2D eigenvalue weighted by Gasteiger charge is 2.52. The average molecular weight is 381 g/mol. The lowest BCUT2D eigenvalue weighted by Gasteiger charge is -2.52. The number of carbonyl (C=O) groups excluding carboxylic acids is 1. The number of alkyl halides is 3.